The zero-order valence-electron chi connectivity index (χ0n) is 20.6. The van der Waals surface area contributed by atoms with Crippen LogP contribution in [0.4, 0.5) is 24.5 Å². The SMILES string of the molecule is Cc1cc(C)c(C)c(Oc2cc(NC(=O)c3cc4nc(C5CC5)cc(C(F)(F)F)n4n3)cc([N+](=O)[O-])c2)c1. The molecule has 4 aromatic rings. The van der Waals surface area contributed by atoms with E-state index >= 15 is 0 Å². The highest BCUT2D eigenvalue weighted by molar-refractivity contribution is 6.03. The van der Waals surface area contributed by atoms with E-state index in [1.165, 1.54) is 12.1 Å². The molecule has 0 spiro atoms. The van der Waals surface area contributed by atoms with Crippen molar-refractivity contribution < 1.29 is 27.6 Å². The van der Waals surface area contributed by atoms with Crippen molar-refractivity contribution in [2.45, 2.75) is 45.7 Å². The summed E-state index contributed by atoms with van der Waals surface area (Å²) in [6.45, 7) is 5.65. The van der Waals surface area contributed by atoms with Gasteiger partial charge >= 0.3 is 6.18 Å². The lowest BCUT2D eigenvalue weighted by Gasteiger charge is -2.13. The molecule has 2 aromatic carbocycles. The van der Waals surface area contributed by atoms with E-state index in [2.05, 4.69) is 15.4 Å². The van der Waals surface area contributed by atoms with Crippen LogP contribution in [0.15, 0.2) is 42.5 Å². The van der Waals surface area contributed by atoms with Crippen molar-refractivity contribution in [3.8, 4) is 11.5 Å². The lowest BCUT2D eigenvalue weighted by atomic mass is 10.1. The molecule has 9 nitrogen and oxygen atoms in total. The van der Waals surface area contributed by atoms with Gasteiger partial charge in [-0.05, 0) is 62.4 Å². The number of non-ortho nitro benzene ring substituents is 1. The van der Waals surface area contributed by atoms with Gasteiger partial charge in [-0.1, -0.05) is 6.07 Å². The average Bonchev–Trinajstić information content (AvgIpc) is 3.59. The van der Waals surface area contributed by atoms with E-state index in [4.69, 9.17) is 4.74 Å². The molecule has 38 heavy (non-hydrogen) atoms. The molecular formula is C26H22F3N5O4. The molecule has 2 aromatic heterocycles. The smallest absolute Gasteiger partial charge is 0.433 e. The van der Waals surface area contributed by atoms with Crippen LogP contribution in [0.3, 0.4) is 0 Å². The summed E-state index contributed by atoms with van der Waals surface area (Å²) in [5, 5.41) is 17.8. The minimum absolute atomic E-state index is 0.0148. The number of anilines is 1. The summed E-state index contributed by atoms with van der Waals surface area (Å²) in [7, 11) is 0. The van der Waals surface area contributed by atoms with Crippen LogP contribution < -0.4 is 10.1 Å². The summed E-state index contributed by atoms with van der Waals surface area (Å²) in [4.78, 5) is 28.1. The van der Waals surface area contributed by atoms with Gasteiger partial charge in [0.25, 0.3) is 11.6 Å². The van der Waals surface area contributed by atoms with Gasteiger partial charge in [0.05, 0.1) is 16.7 Å². The van der Waals surface area contributed by atoms with Crippen LogP contribution in [0, 0.1) is 30.9 Å². The molecule has 1 fully saturated rings. The normalized spacial score (nSPS) is 13.5. The number of hydrogen-bond donors (Lipinski definition) is 1. The van der Waals surface area contributed by atoms with Gasteiger partial charge in [-0.3, -0.25) is 14.9 Å². The van der Waals surface area contributed by atoms with E-state index < -0.39 is 22.7 Å². The van der Waals surface area contributed by atoms with Gasteiger partial charge in [0.1, 0.15) is 17.2 Å². The number of carbonyl (C=O) groups excluding carboxylic acids is 1. The maximum Gasteiger partial charge on any atom is 0.433 e. The van der Waals surface area contributed by atoms with Crippen molar-refractivity contribution in [1.82, 2.24) is 14.6 Å². The first-order chi connectivity index (χ1) is 17.9. The van der Waals surface area contributed by atoms with Gasteiger partial charge in [-0.25, -0.2) is 9.50 Å². The van der Waals surface area contributed by atoms with E-state index in [9.17, 15) is 28.1 Å². The summed E-state index contributed by atoms with van der Waals surface area (Å²) in [5.41, 5.74) is 1.27. The molecule has 0 aliphatic heterocycles. The summed E-state index contributed by atoms with van der Waals surface area (Å²) < 4.78 is 47.6. The molecule has 0 bridgehead atoms. The topological polar surface area (TPSA) is 112 Å². The number of fused-ring (bicyclic) bond motifs is 1. The predicted octanol–water partition coefficient (Wildman–Crippen LogP) is 6.50. The monoisotopic (exact) mass is 525 g/mol. The van der Waals surface area contributed by atoms with Gasteiger partial charge in [0.2, 0.25) is 0 Å². The maximum atomic E-state index is 13.7. The Bertz CT molecular complexity index is 1610. The number of aryl methyl sites for hydroxylation is 2. The third-order valence-electron chi connectivity index (χ3n) is 6.32. The third-order valence-corrected chi connectivity index (χ3v) is 6.32. The van der Waals surface area contributed by atoms with Crippen molar-refractivity contribution in [2.24, 2.45) is 0 Å². The highest BCUT2D eigenvalue weighted by Crippen LogP contribution is 2.41. The molecule has 1 saturated carbocycles. The van der Waals surface area contributed by atoms with Gasteiger partial charge in [-0.2, -0.15) is 18.3 Å². The number of aromatic nitrogens is 3. The minimum Gasteiger partial charge on any atom is -0.457 e. The van der Waals surface area contributed by atoms with Gasteiger partial charge < -0.3 is 10.1 Å². The summed E-state index contributed by atoms with van der Waals surface area (Å²) >= 11 is 0. The molecular weight excluding hydrogens is 503 g/mol. The molecule has 0 atom stereocenters. The molecule has 12 heteroatoms. The lowest BCUT2D eigenvalue weighted by molar-refractivity contribution is -0.384. The van der Waals surface area contributed by atoms with Crippen molar-refractivity contribution in [2.75, 3.05) is 5.32 Å². The van der Waals surface area contributed by atoms with Crippen LogP contribution >= 0.6 is 0 Å². The number of nitro groups is 1. The minimum atomic E-state index is -4.71. The fraction of sp³-hybridized carbons (Fsp3) is 0.269. The molecule has 1 aliphatic carbocycles. The van der Waals surface area contributed by atoms with Crippen molar-refractivity contribution in [3.63, 3.8) is 0 Å². The Morgan fingerprint density at radius 2 is 1.84 bits per heavy atom. The number of benzene rings is 2. The molecule has 196 valence electrons. The Labute approximate surface area is 214 Å². The Kier molecular flexibility index (Phi) is 6.04. The number of alkyl halides is 3. The van der Waals surface area contributed by atoms with Crippen LogP contribution in [0.5, 0.6) is 11.5 Å². The van der Waals surface area contributed by atoms with Crippen LogP contribution in [0.2, 0.25) is 0 Å². The number of ether oxygens (including phenoxy) is 1. The number of nitro benzene ring substituents is 1. The fourth-order valence-corrected chi connectivity index (χ4v) is 4.14. The van der Waals surface area contributed by atoms with E-state index in [1.54, 1.807) is 6.07 Å². The summed E-state index contributed by atoms with van der Waals surface area (Å²) in [6.07, 6.45) is -3.20. The molecule has 1 N–H and O–H groups in total. The summed E-state index contributed by atoms with van der Waals surface area (Å²) in [5.74, 6) is -0.298. The van der Waals surface area contributed by atoms with Gasteiger partial charge in [0, 0.05) is 29.8 Å². The molecule has 0 radical (unpaired) electrons. The lowest BCUT2D eigenvalue weighted by Crippen LogP contribution is -2.16. The number of nitrogens with one attached hydrogen (secondary N) is 1. The number of nitrogens with zero attached hydrogens (tertiary/aromatic N) is 4. The Morgan fingerprint density at radius 3 is 2.50 bits per heavy atom. The van der Waals surface area contributed by atoms with E-state index in [0.717, 1.165) is 47.7 Å². The standard InChI is InChI=1S/C26H22F3N5O4/c1-13-6-14(2)15(3)22(7-13)38-19-9-17(8-18(10-19)34(36)37)30-25(35)21-12-24-31-20(16-4-5-16)11-23(26(27,28)29)33(24)32-21/h6-12,16H,4-5H2,1-3H3,(H,30,35). The number of halogens is 3. The van der Waals surface area contributed by atoms with Crippen LogP contribution in [0.1, 0.15) is 57.3 Å². The second kappa shape index (κ2) is 9.12. The highest BCUT2D eigenvalue weighted by Gasteiger charge is 2.37. The number of amides is 1. The predicted molar refractivity (Wildman–Crippen MR) is 132 cm³/mol. The van der Waals surface area contributed by atoms with Crippen LogP contribution in [0.25, 0.3) is 5.65 Å². The van der Waals surface area contributed by atoms with Crippen molar-refractivity contribution >= 4 is 22.9 Å². The van der Waals surface area contributed by atoms with E-state index in [-0.39, 0.29) is 34.4 Å². The molecule has 2 heterocycles. The Hall–Kier alpha value is -4.48. The number of rotatable bonds is 6. The van der Waals surface area contributed by atoms with E-state index in [1.807, 2.05) is 26.8 Å². The first-order valence-electron chi connectivity index (χ1n) is 11.7. The van der Waals surface area contributed by atoms with E-state index in [0.29, 0.717) is 16.0 Å². The van der Waals surface area contributed by atoms with Gasteiger partial charge in [0.15, 0.2) is 11.3 Å². The maximum absolute atomic E-state index is 13.7. The van der Waals surface area contributed by atoms with Crippen LogP contribution in [-0.4, -0.2) is 25.4 Å². The quantitative estimate of drug-likeness (QED) is 0.227. The third kappa shape index (κ3) is 5.01. The van der Waals surface area contributed by atoms with Crippen molar-refractivity contribution in [3.05, 3.63) is 86.4 Å². The Morgan fingerprint density at radius 1 is 1.11 bits per heavy atom. The number of hydrogen-bond acceptors (Lipinski definition) is 6. The second-order valence-corrected chi connectivity index (χ2v) is 9.37. The summed E-state index contributed by atoms with van der Waals surface area (Å²) in [6, 6.07) is 9.61. The first-order valence-corrected chi connectivity index (χ1v) is 11.7. The molecule has 0 unspecified atom stereocenters. The van der Waals surface area contributed by atoms with Gasteiger partial charge in [-0.15, -0.1) is 0 Å². The molecule has 5 rings (SSSR count). The molecule has 1 amide bonds. The molecule has 1 aliphatic rings. The largest absolute Gasteiger partial charge is 0.457 e. The zero-order valence-corrected chi connectivity index (χ0v) is 20.6. The highest BCUT2D eigenvalue weighted by atomic mass is 19.4. The second-order valence-electron chi connectivity index (χ2n) is 9.37. The number of carbonyl (C=O) groups is 1. The van der Waals surface area contributed by atoms with Crippen molar-refractivity contribution in [1.29, 1.82) is 0 Å². The average molecular weight is 525 g/mol. The zero-order chi connectivity index (χ0) is 27.4. The first kappa shape index (κ1) is 25.2. The molecule has 0 saturated heterocycles. The fourth-order valence-electron chi connectivity index (χ4n) is 4.14. The van der Waals surface area contributed by atoms with Crippen LogP contribution in [-0.2, 0) is 6.18 Å². The Balaban J connectivity index is 1.48.